The average Bonchev–Trinajstić information content (AvgIpc) is 3.10. The number of thiophene rings is 1. The summed E-state index contributed by atoms with van der Waals surface area (Å²) in [7, 11) is -3.60. The van der Waals surface area contributed by atoms with Gasteiger partial charge in [-0.05, 0) is 37.5 Å². The van der Waals surface area contributed by atoms with Crippen molar-refractivity contribution in [1.82, 2.24) is 14.5 Å². The molecule has 3 aromatic rings. The van der Waals surface area contributed by atoms with Crippen molar-refractivity contribution in [2.45, 2.75) is 42.5 Å². The number of benzene rings is 1. The minimum Gasteiger partial charge on any atom is -0.386 e. The molecular weight excluding hydrogens is 394 g/mol. The van der Waals surface area contributed by atoms with Gasteiger partial charge in [-0.1, -0.05) is 37.3 Å². The molecule has 0 unspecified atom stereocenters. The Bertz CT molecular complexity index is 1080. The summed E-state index contributed by atoms with van der Waals surface area (Å²) in [6, 6.07) is 13.2. The van der Waals surface area contributed by atoms with Crippen LogP contribution in [-0.2, 0) is 15.6 Å². The van der Waals surface area contributed by atoms with Gasteiger partial charge in [0.25, 0.3) is 0 Å². The second-order valence-corrected chi connectivity index (χ2v) is 10.8. The molecular formula is C20H23N3O3S2. The molecule has 0 saturated heterocycles. The average molecular weight is 418 g/mol. The zero-order valence-corrected chi connectivity index (χ0v) is 17.5. The monoisotopic (exact) mass is 417 g/mol. The van der Waals surface area contributed by atoms with E-state index in [1.54, 1.807) is 43.1 Å². The number of nitrogens with zero attached hydrogens (tertiary/aromatic N) is 2. The highest BCUT2D eigenvalue weighted by atomic mass is 32.2. The normalized spacial score (nSPS) is 22.4. The van der Waals surface area contributed by atoms with Crippen molar-refractivity contribution >= 4 is 21.4 Å². The van der Waals surface area contributed by atoms with E-state index >= 15 is 0 Å². The first-order valence-corrected chi connectivity index (χ1v) is 11.4. The Morgan fingerprint density at radius 3 is 2.54 bits per heavy atom. The van der Waals surface area contributed by atoms with Crippen LogP contribution in [0.1, 0.15) is 37.8 Å². The third kappa shape index (κ3) is 3.65. The number of rotatable bonds is 6. The molecule has 4 rings (SSSR count). The fraction of sp³-hybridized carbons (Fsp3) is 0.350. The summed E-state index contributed by atoms with van der Waals surface area (Å²) in [5.74, 6) is 0.466. The van der Waals surface area contributed by atoms with Crippen LogP contribution < -0.4 is 4.72 Å². The molecule has 2 aromatic heterocycles. The van der Waals surface area contributed by atoms with Crippen LogP contribution in [0.4, 0.5) is 0 Å². The fourth-order valence-electron chi connectivity index (χ4n) is 3.40. The summed E-state index contributed by atoms with van der Waals surface area (Å²) in [6.07, 6.45) is 3.30. The number of nitrogens with one attached hydrogen (secondary N) is 1. The maximum atomic E-state index is 12.8. The molecule has 1 aromatic carbocycles. The zero-order chi connectivity index (χ0) is 20.1. The second kappa shape index (κ2) is 6.81. The van der Waals surface area contributed by atoms with Gasteiger partial charge in [0.15, 0.2) is 0 Å². The Morgan fingerprint density at radius 2 is 1.89 bits per heavy atom. The summed E-state index contributed by atoms with van der Waals surface area (Å²) in [5, 5.41) is 15.0. The predicted molar refractivity (Wildman–Crippen MR) is 109 cm³/mol. The van der Waals surface area contributed by atoms with Crippen LogP contribution in [0.25, 0.3) is 5.00 Å². The van der Waals surface area contributed by atoms with Gasteiger partial charge >= 0.3 is 0 Å². The van der Waals surface area contributed by atoms with E-state index in [4.69, 9.17) is 0 Å². The van der Waals surface area contributed by atoms with Gasteiger partial charge in [0, 0.05) is 23.7 Å². The summed E-state index contributed by atoms with van der Waals surface area (Å²) < 4.78 is 30.4. The summed E-state index contributed by atoms with van der Waals surface area (Å²) in [4.78, 5) is 0. The standard InChI is InChI=1S/C20H23N3O3S2/c1-13-18(14-7-5-4-6-8-14)19(13)22-28(25,26)17-10-9-16(27-17)23-12-15(11-21-23)20(2,3)24/h4-13,18-19,22,24H,1-3H3/t13-,18-,19+/m1/s1. The van der Waals surface area contributed by atoms with E-state index in [9.17, 15) is 13.5 Å². The molecule has 6 nitrogen and oxygen atoms in total. The zero-order valence-electron chi connectivity index (χ0n) is 15.9. The molecule has 1 fully saturated rings. The SMILES string of the molecule is C[C@H]1[C@H](NS(=O)(=O)c2ccc(-n3cc(C(C)(C)O)cn3)s2)[C@H]1c1ccccc1. The second-order valence-electron chi connectivity index (χ2n) is 7.77. The van der Waals surface area contributed by atoms with Gasteiger partial charge in [-0.25, -0.2) is 17.8 Å². The molecule has 148 valence electrons. The van der Waals surface area contributed by atoms with Crippen LogP contribution in [0.2, 0.25) is 0 Å². The van der Waals surface area contributed by atoms with Crippen LogP contribution in [-0.4, -0.2) is 29.3 Å². The molecule has 0 amide bonds. The fourth-order valence-corrected chi connectivity index (χ4v) is 6.00. The van der Waals surface area contributed by atoms with Crippen LogP contribution in [0.15, 0.2) is 59.1 Å². The van der Waals surface area contributed by atoms with Gasteiger partial charge < -0.3 is 5.11 Å². The Hall–Kier alpha value is -2.00. The van der Waals surface area contributed by atoms with Crippen molar-refractivity contribution in [3.05, 3.63) is 66.0 Å². The lowest BCUT2D eigenvalue weighted by atomic mass is 10.0. The number of aliphatic hydroxyl groups is 1. The Balaban J connectivity index is 1.51. The van der Waals surface area contributed by atoms with E-state index in [-0.39, 0.29) is 22.1 Å². The molecule has 0 bridgehead atoms. The van der Waals surface area contributed by atoms with E-state index in [1.807, 2.05) is 30.3 Å². The smallest absolute Gasteiger partial charge is 0.250 e. The van der Waals surface area contributed by atoms with E-state index < -0.39 is 15.6 Å². The van der Waals surface area contributed by atoms with Crippen molar-refractivity contribution < 1.29 is 13.5 Å². The summed E-state index contributed by atoms with van der Waals surface area (Å²) in [5.41, 5.74) is 0.826. The van der Waals surface area contributed by atoms with Gasteiger partial charge in [-0.3, -0.25) is 0 Å². The molecule has 28 heavy (non-hydrogen) atoms. The van der Waals surface area contributed by atoms with E-state index in [1.165, 1.54) is 0 Å². The summed E-state index contributed by atoms with van der Waals surface area (Å²) >= 11 is 1.15. The largest absolute Gasteiger partial charge is 0.386 e. The Kier molecular flexibility index (Phi) is 4.70. The first-order chi connectivity index (χ1) is 13.2. The van der Waals surface area contributed by atoms with Crippen LogP contribution in [0.3, 0.4) is 0 Å². The van der Waals surface area contributed by atoms with Gasteiger partial charge in [0.05, 0.1) is 11.8 Å². The summed E-state index contributed by atoms with van der Waals surface area (Å²) in [6.45, 7) is 5.43. The first-order valence-electron chi connectivity index (χ1n) is 9.12. The van der Waals surface area contributed by atoms with Gasteiger partial charge in [-0.2, -0.15) is 5.10 Å². The topological polar surface area (TPSA) is 84.2 Å². The molecule has 8 heteroatoms. The molecule has 0 spiro atoms. The van der Waals surface area contributed by atoms with Gasteiger partial charge in [-0.15, -0.1) is 11.3 Å². The van der Waals surface area contributed by atoms with Crippen LogP contribution in [0.5, 0.6) is 0 Å². The van der Waals surface area contributed by atoms with Crippen molar-refractivity contribution in [1.29, 1.82) is 0 Å². The van der Waals surface area contributed by atoms with E-state index in [0.717, 1.165) is 16.9 Å². The number of aromatic nitrogens is 2. The third-order valence-corrected chi connectivity index (χ3v) is 8.23. The highest BCUT2D eigenvalue weighted by Gasteiger charge is 2.49. The lowest BCUT2D eigenvalue weighted by Gasteiger charge is -2.13. The predicted octanol–water partition coefficient (Wildman–Crippen LogP) is 3.24. The Morgan fingerprint density at radius 1 is 1.18 bits per heavy atom. The Labute approximate surface area is 168 Å². The van der Waals surface area contributed by atoms with Crippen molar-refractivity contribution in [3.63, 3.8) is 0 Å². The number of hydrogen-bond acceptors (Lipinski definition) is 5. The molecule has 1 aliphatic carbocycles. The highest BCUT2D eigenvalue weighted by Crippen LogP contribution is 2.48. The minimum atomic E-state index is -3.60. The lowest BCUT2D eigenvalue weighted by molar-refractivity contribution is 0.0786. The molecule has 0 radical (unpaired) electrons. The number of hydrogen-bond donors (Lipinski definition) is 2. The van der Waals surface area contributed by atoms with Crippen molar-refractivity contribution in [2.75, 3.05) is 0 Å². The molecule has 2 heterocycles. The number of sulfonamides is 1. The molecule has 1 aliphatic rings. The van der Waals surface area contributed by atoms with Crippen molar-refractivity contribution in [3.8, 4) is 5.00 Å². The lowest BCUT2D eigenvalue weighted by Crippen LogP contribution is -2.27. The van der Waals surface area contributed by atoms with E-state index in [0.29, 0.717) is 10.6 Å². The maximum absolute atomic E-state index is 12.8. The highest BCUT2D eigenvalue weighted by molar-refractivity contribution is 7.91. The first kappa shape index (κ1) is 19.3. The maximum Gasteiger partial charge on any atom is 0.250 e. The van der Waals surface area contributed by atoms with Gasteiger partial charge in [0.2, 0.25) is 10.0 Å². The van der Waals surface area contributed by atoms with Gasteiger partial charge in [0.1, 0.15) is 9.21 Å². The van der Waals surface area contributed by atoms with Crippen LogP contribution >= 0.6 is 11.3 Å². The minimum absolute atomic E-state index is 0.0931. The molecule has 2 N–H and O–H groups in total. The molecule has 1 saturated carbocycles. The molecule has 0 aliphatic heterocycles. The van der Waals surface area contributed by atoms with Crippen LogP contribution in [0, 0.1) is 5.92 Å². The third-order valence-electron chi connectivity index (χ3n) is 5.20. The quantitative estimate of drug-likeness (QED) is 0.645. The molecule has 3 atom stereocenters. The van der Waals surface area contributed by atoms with Crippen molar-refractivity contribution in [2.24, 2.45) is 5.92 Å². The van der Waals surface area contributed by atoms with E-state index in [2.05, 4.69) is 16.7 Å².